The number of aryl methyl sites for hydroxylation is 1. The van der Waals surface area contributed by atoms with Gasteiger partial charge in [-0.15, -0.1) is 0 Å². The minimum absolute atomic E-state index is 0.0315. The molecule has 1 aliphatic rings. The number of methoxy groups -OCH3 is 1. The van der Waals surface area contributed by atoms with Gasteiger partial charge in [0.1, 0.15) is 0 Å². The van der Waals surface area contributed by atoms with Crippen LogP contribution in [0.3, 0.4) is 0 Å². The van der Waals surface area contributed by atoms with Crippen LogP contribution in [0.1, 0.15) is 17.0 Å². The van der Waals surface area contributed by atoms with E-state index in [1.165, 1.54) is 0 Å². The van der Waals surface area contributed by atoms with Crippen LogP contribution in [0.2, 0.25) is 0 Å². The predicted octanol–water partition coefficient (Wildman–Crippen LogP) is 1.20. The van der Waals surface area contributed by atoms with E-state index in [1.54, 1.807) is 12.0 Å². The molecule has 1 aromatic carbocycles. The molecule has 6 nitrogen and oxygen atoms in total. The van der Waals surface area contributed by atoms with E-state index in [-0.39, 0.29) is 24.9 Å². The van der Waals surface area contributed by atoms with Gasteiger partial charge in [0.15, 0.2) is 0 Å². The van der Waals surface area contributed by atoms with Gasteiger partial charge in [0.05, 0.1) is 19.1 Å². The highest BCUT2D eigenvalue weighted by atomic mass is 16.5. The molecule has 2 rings (SSSR count). The summed E-state index contributed by atoms with van der Waals surface area (Å²) in [5, 5.41) is 9.57. The topological polar surface area (TPSA) is 70.1 Å². The van der Waals surface area contributed by atoms with Gasteiger partial charge in [0.25, 0.3) is 0 Å². The standard InChI is InChI=1S/C18H26N2O4/c1-13-6-4-5-7-14(13)15-10-20(11-16(15)18(22)23)17(21)12-19(2)8-9-24-3/h4-7,15-16H,8-12H2,1-3H3,(H,22,23). The summed E-state index contributed by atoms with van der Waals surface area (Å²) in [5.41, 5.74) is 2.09. The number of carboxylic acids is 1. The minimum atomic E-state index is -0.841. The lowest BCUT2D eigenvalue weighted by atomic mass is 9.86. The third-order valence-corrected chi connectivity index (χ3v) is 4.66. The first-order chi connectivity index (χ1) is 11.4. The minimum Gasteiger partial charge on any atom is -0.481 e. The number of amides is 1. The van der Waals surface area contributed by atoms with E-state index in [2.05, 4.69) is 0 Å². The fourth-order valence-corrected chi connectivity index (χ4v) is 3.23. The maximum Gasteiger partial charge on any atom is 0.308 e. The highest BCUT2D eigenvalue weighted by Crippen LogP contribution is 2.34. The molecule has 0 saturated carbocycles. The van der Waals surface area contributed by atoms with Crippen LogP contribution >= 0.6 is 0 Å². The van der Waals surface area contributed by atoms with Gasteiger partial charge in [-0.1, -0.05) is 24.3 Å². The molecule has 1 heterocycles. The third-order valence-electron chi connectivity index (χ3n) is 4.66. The number of likely N-dealkylation sites (tertiary alicyclic amines) is 1. The van der Waals surface area contributed by atoms with Crippen LogP contribution in [0, 0.1) is 12.8 Å². The molecule has 0 radical (unpaired) electrons. The van der Waals surface area contributed by atoms with E-state index in [9.17, 15) is 14.7 Å². The Labute approximate surface area is 143 Å². The zero-order chi connectivity index (χ0) is 17.7. The van der Waals surface area contributed by atoms with E-state index < -0.39 is 11.9 Å². The number of carbonyl (C=O) groups is 2. The first kappa shape index (κ1) is 18.4. The van der Waals surface area contributed by atoms with Gasteiger partial charge in [0.2, 0.25) is 5.91 Å². The van der Waals surface area contributed by atoms with Crippen molar-refractivity contribution in [3.05, 3.63) is 35.4 Å². The van der Waals surface area contributed by atoms with Crippen molar-refractivity contribution in [2.24, 2.45) is 5.92 Å². The van der Waals surface area contributed by atoms with E-state index in [0.717, 1.165) is 11.1 Å². The first-order valence-corrected chi connectivity index (χ1v) is 8.17. The number of rotatable bonds is 7. The maximum absolute atomic E-state index is 12.5. The molecule has 1 N–H and O–H groups in total. The number of likely N-dealkylation sites (N-methyl/N-ethyl adjacent to an activating group) is 1. The summed E-state index contributed by atoms with van der Waals surface area (Å²) in [5.74, 6) is -1.58. The monoisotopic (exact) mass is 334 g/mol. The van der Waals surface area contributed by atoms with Gasteiger partial charge in [0, 0.05) is 32.7 Å². The van der Waals surface area contributed by atoms with Crippen molar-refractivity contribution in [2.75, 3.05) is 46.9 Å². The van der Waals surface area contributed by atoms with Crippen LogP contribution < -0.4 is 0 Å². The van der Waals surface area contributed by atoms with Crippen molar-refractivity contribution >= 4 is 11.9 Å². The zero-order valence-corrected chi connectivity index (χ0v) is 14.6. The number of hydrogen-bond acceptors (Lipinski definition) is 4. The summed E-state index contributed by atoms with van der Waals surface area (Å²) in [6.07, 6.45) is 0. The Balaban J connectivity index is 2.08. The average Bonchev–Trinajstić information content (AvgIpc) is 2.98. The van der Waals surface area contributed by atoms with Crippen molar-refractivity contribution < 1.29 is 19.4 Å². The van der Waals surface area contributed by atoms with Crippen molar-refractivity contribution in [1.82, 2.24) is 9.80 Å². The van der Waals surface area contributed by atoms with Crippen molar-refractivity contribution in [1.29, 1.82) is 0 Å². The molecule has 2 unspecified atom stereocenters. The van der Waals surface area contributed by atoms with Gasteiger partial charge in [-0.05, 0) is 25.1 Å². The first-order valence-electron chi connectivity index (χ1n) is 8.17. The molecule has 1 fully saturated rings. The highest BCUT2D eigenvalue weighted by molar-refractivity contribution is 5.81. The SMILES string of the molecule is COCCN(C)CC(=O)N1CC(C(=O)O)C(c2ccccc2C)C1. The summed E-state index contributed by atoms with van der Waals surface area (Å²) in [6, 6.07) is 7.81. The van der Waals surface area contributed by atoms with Gasteiger partial charge < -0.3 is 14.7 Å². The molecule has 0 aromatic heterocycles. The molecule has 1 aromatic rings. The molecule has 1 aliphatic heterocycles. The van der Waals surface area contributed by atoms with E-state index in [1.807, 2.05) is 43.1 Å². The molecule has 24 heavy (non-hydrogen) atoms. The Morgan fingerprint density at radius 1 is 1.33 bits per heavy atom. The second kappa shape index (κ2) is 8.26. The lowest BCUT2D eigenvalue weighted by molar-refractivity contribution is -0.141. The molecule has 2 atom stereocenters. The summed E-state index contributed by atoms with van der Waals surface area (Å²) in [4.78, 5) is 27.7. The van der Waals surface area contributed by atoms with Gasteiger partial charge in [-0.3, -0.25) is 14.5 Å². The highest BCUT2D eigenvalue weighted by Gasteiger charge is 2.40. The Hall–Kier alpha value is -1.92. The summed E-state index contributed by atoms with van der Waals surface area (Å²) in [7, 11) is 3.49. The summed E-state index contributed by atoms with van der Waals surface area (Å²) in [6.45, 7) is 4.21. The van der Waals surface area contributed by atoms with Crippen molar-refractivity contribution in [2.45, 2.75) is 12.8 Å². The molecule has 0 spiro atoms. The average molecular weight is 334 g/mol. The Morgan fingerprint density at radius 3 is 2.67 bits per heavy atom. The van der Waals surface area contributed by atoms with E-state index >= 15 is 0 Å². The number of nitrogens with zero attached hydrogens (tertiary/aromatic N) is 2. The second-order valence-corrected chi connectivity index (χ2v) is 6.44. The predicted molar refractivity (Wildman–Crippen MR) is 91.0 cm³/mol. The number of carbonyl (C=O) groups excluding carboxylic acids is 1. The van der Waals surface area contributed by atoms with Crippen LogP contribution in [0.4, 0.5) is 0 Å². The fraction of sp³-hybridized carbons (Fsp3) is 0.556. The quantitative estimate of drug-likeness (QED) is 0.811. The van der Waals surface area contributed by atoms with Crippen LogP contribution in [0.15, 0.2) is 24.3 Å². The van der Waals surface area contributed by atoms with Crippen LogP contribution in [0.25, 0.3) is 0 Å². The van der Waals surface area contributed by atoms with Gasteiger partial charge >= 0.3 is 5.97 Å². The molecular formula is C18H26N2O4. The fourth-order valence-electron chi connectivity index (χ4n) is 3.23. The number of hydrogen-bond donors (Lipinski definition) is 1. The van der Waals surface area contributed by atoms with E-state index in [4.69, 9.17) is 4.74 Å². The second-order valence-electron chi connectivity index (χ2n) is 6.44. The maximum atomic E-state index is 12.5. The molecule has 6 heteroatoms. The number of ether oxygens (including phenoxy) is 1. The lowest BCUT2D eigenvalue weighted by Gasteiger charge is -2.21. The Bertz CT molecular complexity index is 590. The molecule has 1 amide bonds. The van der Waals surface area contributed by atoms with Crippen molar-refractivity contribution in [3.8, 4) is 0 Å². The van der Waals surface area contributed by atoms with Crippen LogP contribution in [-0.2, 0) is 14.3 Å². The molecule has 132 valence electrons. The van der Waals surface area contributed by atoms with Gasteiger partial charge in [-0.25, -0.2) is 0 Å². The smallest absolute Gasteiger partial charge is 0.308 e. The molecule has 0 bridgehead atoms. The number of benzene rings is 1. The summed E-state index contributed by atoms with van der Waals surface area (Å²) >= 11 is 0. The molecule has 0 aliphatic carbocycles. The van der Waals surface area contributed by atoms with Gasteiger partial charge in [-0.2, -0.15) is 0 Å². The summed E-state index contributed by atoms with van der Waals surface area (Å²) < 4.78 is 5.01. The van der Waals surface area contributed by atoms with Crippen LogP contribution in [0.5, 0.6) is 0 Å². The number of carboxylic acid groups (broad SMARTS) is 1. The Morgan fingerprint density at radius 2 is 2.04 bits per heavy atom. The largest absolute Gasteiger partial charge is 0.481 e. The zero-order valence-electron chi connectivity index (χ0n) is 14.6. The Kier molecular flexibility index (Phi) is 6.34. The lowest BCUT2D eigenvalue weighted by Crippen LogP contribution is -2.39. The normalized spacial score (nSPS) is 20.6. The number of aliphatic carboxylic acids is 1. The third kappa shape index (κ3) is 4.33. The van der Waals surface area contributed by atoms with Crippen LogP contribution in [-0.4, -0.2) is 73.7 Å². The molecule has 1 saturated heterocycles. The molecular weight excluding hydrogens is 308 g/mol. The van der Waals surface area contributed by atoms with E-state index in [0.29, 0.717) is 19.7 Å². The van der Waals surface area contributed by atoms with Crippen molar-refractivity contribution in [3.63, 3.8) is 0 Å².